The lowest BCUT2D eigenvalue weighted by Gasteiger charge is -2.01. The van der Waals surface area contributed by atoms with Crippen LogP contribution in [-0.4, -0.2) is 24.3 Å². The molecule has 0 saturated carbocycles. The number of methoxy groups -OCH3 is 1. The average Bonchev–Trinajstić information content (AvgIpc) is 2.56. The molecule has 0 atom stereocenters. The molecule has 16 heavy (non-hydrogen) atoms. The molecular weight excluding hydrogens is 202 g/mol. The van der Waals surface area contributed by atoms with Crippen LogP contribution in [0, 0.1) is 6.92 Å². The summed E-state index contributed by atoms with van der Waals surface area (Å²) >= 11 is 0. The third kappa shape index (κ3) is 3.95. The molecule has 0 spiro atoms. The molecule has 0 radical (unpaired) electrons. The van der Waals surface area contributed by atoms with Crippen molar-refractivity contribution in [3.63, 3.8) is 0 Å². The predicted octanol–water partition coefficient (Wildman–Crippen LogP) is 1.06. The van der Waals surface area contributed by atoms with Gasteiger partial charge in [-0.15, -0.1) is 0 Å². The second-order valence-corrected chi connectivity index (χ2v) is 3.60. The van der Waals surface area contributed by atoms with E-state index < -0.39 is 0 Å². The molecule has 0 aliphatic carbocycles. The normalized spacial score (nSPS) is 10.5. The molecule has 1 heterocycles. The maximum Gasteiger partial charge on any atom is 0.119 e. The number of nitrogens with one attached hydrogen (secondary N) is 1. The predicted molar refractivity (Wildman–Crippen MR) is 68.3 cm³/mol. The minimum Gasteiger partial charge on any atom is -0.497 e. The Kier molecular flexibility index (Phi) is 6.27. The number of rotatable bonds is 2. The highest BCUT2D eigenvalue weighted by Gasteiger charge is 1.95. The number of allylic oxidation sites excluding steroid dienone is 2. The zero-order valence-corrected chi connectivity index (χ0v) is 10.7. The molecule has 0 aliphatic heterocycles. The number of aromatic nitrogens is 1. The molecule has 0 fully saturated rings. The molecule has 0 aliphatic rings. The van der Waals surface area contributed by atoms with Crippen LogP contribution in [0.3, 0.4) is 0 Å². The summed E-state index contributed by atoms with van der Waals surface area (Å²) in [5.41, 5.74) is 2.27. The fourth-order valence-corrected chi connectivity index (χ4v) is 1.34. The molecule has 0 bridgehead atoms. The van der Waals surface area contributed by atoms with Crippen molar-refractivity contribution in [1.29, 1.82) is 0 Å². The van der Waals surface area contributed by atoms with E-state index in [0.717, 1.165) is 34.7 Å². The van der Waals surface area contributed by atoms with Crippen LogP contribution in [0.5, 0.6) is 0 Å². The highest BCUT2D eigenvalue weighted by molar-refractivity contribution is 5.44. The van der Waals surface area contributed by atoms with Crippen molar-refractivity contribution in [1.82, 2.24) is 4.98 Å². The number of ether oxygens (including phenoxy) is 1. The van der Waals surface area contributed by atoms with Gasteiger partial charge < -0.3 is 14.8 Å². The maximum atomic E-state index is 7.00. The molecule has 0 saturated heterocycles. The second kappa shape index (κ2) is 6.90. The molecule has 1 aromatic heterocycles. The Labute approximate surface area is 96.8 Å². The summed E-state index contributed by atoms with van der Waals surface area (Å²) in [5.74, 6) is 0.886. The third-order valence-electron chi connectivity index (χ3n) is 2.06. The highest BCUT2D eigenvalue weighted by atomic mass is 16.5. The molecule has 0 amide bonds. The lowest BCUT2D eigenvalue weighted by molar-refractivity contribution is 0.309. The van der Waals surface area contributed by atoms with Gasteiger partial charge in [-0.05, 0) is 37.6 Å². The van der Waals surface area contributed by atoms with Crippen LogP contribution < -0.4 is 10.6 Å². The SMILES string of the molecule is C=c1cc(C)[nH]/c1=C/C(OC)=C(C)C.CO. The van der Waals surface area contributed by atoms with Crippen LogP contribution in [0.1, 0.15) is 19.5 Å². The van der Waals surface area contributed by atoms with Crippen LogP contribution in [-0.2, 0) is 4.74 Å². The second-order valence-electron chi connectivity index (χ2n) is 3.60. The van der Waals surface area contributed by atoms with Gasteiger partial charge in [0.25, 0.3) is 0 Å². The van der Waals surface area contributed by atoms with Crippen LogP contribution in [0.4, 0.5) is 0 Å². The van der Waals surface area contributed by atoms with Gasteiger partial charge in [-0.25, -0.2) is 0 Å². The van der Waals surface area contributed by atoms with Crippen molar-refractivity contribution in [2.45, 2.75) is 20.8 Å². The monoisotopic (exact) mass is 223 g/mol. The molecular formula is C13H21NO2. The Balaban J connectivity index is 0.00000106. The summed E-state index contributed by atoms with van der Waals surface area (Å²) in [5, 5.41) is 9.01. The topological polar surface area (TPSA) is 45.2 Å². The molecule has 90 valence electrons. The van der Waals surface area contributed by atoms with Crippen molar-refractivity contribution in [2.24, 2.45) is 0 Å². The van der Waals surface area contributed by atoms with Crippen molar-refractivity contribution >= 4 is 12.7 Å². The van der Waals surface area contributed by atoms with Gasteiger partial charge in [-0.1, -0.05) is 6.58 Å². The van der Waals surface area contributed by atoms with E-state index in [9.17, 15) is 0 Å². The Morgan fingerprint density at radius 2 is 2.00 bits per heavy atom. The van der Waals surface area contributed by atoms with Gasteiger partial charge in [-0.2, -0.15) is 0 Å². The third-order valence-corrected chi connectivity index (χ3v) is 2.06. The summed E-state index contributed by atoms with van der Waals surface area (Å²) in [7, 11) is 2.68. The molecule has 0 unspecified atom stereocenters. The van der Waals surface area contributed by atoms with E-state index >= 15 is 0 Å². The van der Waals surface area contributed by atoms with E-state index in [1.165, 1.54) is 0 Å². The minimum atomic E-state index is 0.886. The van der Waals surface area contributed by atoms with Gasteiger partial charge >= 0.3 is 0 Å². The quantitative estimate of drug-likeness (QED) is 0.736. The van der Waals surface area contributed by atoms with Crippen molar-refractivity contribution in [3.8, 4) is 0 Å². The average molecular weight is 223 g/mol. The van der Waals surface area contributed by atoms with Crippen LogP contribution in [0.15, 0.2) is 17.4 Å². The van der Waals surface area contributed by atoms with E-state index in [1.54, 1.807) is 7.11 Å². The van der Waals surface area contributed by atoms with Crippen LogP contribution in [0.25, 0.3) is 12.7 Å². The Morgan fingerprint density at radius 3 is 2.31 bits per heavy atom. The van der Waals surface area contributed by atoms with E-state index in [1.807, 2.05) is 32.9 Å². The summed E-state index contributed by atoms with van der Waals surface area (Å²) in [4.78, 5) is 3.23. The van der Waals surface area contributed by atoms with Crippen molar-refractivity contribution < 1.29 is 9.84 Å². The molecule has 3 nitrogen and oxygen atoms in total. The van der Waals surface area contributed by atoms with Gasteiger partial charge in [0, 0.05) is 24.2 Å². The van der Waals surface area contributed by atoms with Gasteiger partial charge in [0.15, 0.2) is 0 Å². The number of hydrogen-bond acceptors (Lipinski definition) is 2. The van der Waals surface area contributed by atoms with E-state index in [4.69, 9.17) is 9.84 Å². The first-order chi connectivity index (χ1) is 7.54. The molecule has 2 N–H and O–H groups in total. The highest BCUT2D eigenvalue weighted by Crippen LogP contribution is 2.04. The zero-order chi connectivity index (χ0) is 12.7. The first-order valence-corrected chi connectivity index (χ1v) is 5.07. The van der Waals surface area contributed by atoms with Crippen molar-refractivity contribution in [2.75, 3.05) is 14.2 Å². The van der Waals surface area contributed by atoms with Gasteiger partial charge in [0.1, 0.15) is 5.76 Å². The number of aryl methyl sites for hydroxylation is 1. The van der Waals surface area contributed by atoms with Gasteiger partial charge in [0.05, 0.1) is 7.11 Å². The summed E-state index contributed by atoms with van der Waals surface area (Å²) in [6.45, 7) is 10.0. The largest absolute Gasteiger partial charge is 0.497 e. The van der Waals surface area contributed by atoms with E-state index in [0.29, 0.717) is 0 Å². The standard InChI is InChI=1S/C12H17NO.CH4O/c1-8(2)12(14-5)7-11-9(3)6-10(4)13-11;1-2/h6-7,13H,3H2,1-2,4-5H3;2H,1H3/b11-7+;. The Bertz CT molecular complexity index is 451. The molecule has 0 aromatic carbocycles. The summed E-state index contributed by atoms with van der Waals surface area (Å²) < 4.78 is 5.26. The first kappa shape index (κ1) is 14.5. The molecule has 1 rings (SSSR count). The fourth-order valence-electron chi connectivity index (χ4n) is 1.34. The number of hydrogen-bond donors (Lipinski definition) is 2. The fraction of sp³-hybridized carbons (Fsp3) is 0.385. The number of aliphatic hydroxyl groups is 1. The smallest absolute Gasteiger partial charge is 0.119 e. The van der Waals surface area contributed by atoms with Crippen LogP contribution >= 0.6 is 0 Å². The maximum absolute atomic E-state index is 7.00. The summed E-state index contributed by atoms with van der Waals surface area (Å²) in [6.07, 6.45) is 1.98. The number of aromatic amines is 1. The van der Waals surface area contributed by atoms with E-state index in [2.05, 4.69) is 11.6 Å². The Morgan fingerprint density at radius 1 is 1.44 bits per heavy atom. The lowest BCUT2D eigenvalue weighted by Crippen LogP contribution is -2.20. The van der Waals surface area contributed by atoms with Gasteiger partial charge in [0.2, 0.25) is 0 Å². The number of H-pyrrole nitrogens is 1. The zero-order valence-electron chi connectivity index (χ0n) is 10.7. The van der Waals surface area contributed by atoms with E-state index in [-0.39, 0.29) is 0 Å². The summed E-state index contributed by atoms with van der Waals surface area (Å²) in [6, 6.07) is 2.02. The lowest BCUT2D eigenvalue weighted by atomic mass is 10.2. The molecule has 1 aromatic rings. The van der Waals surface area contributed by atoms with Crippen molar-refractivity contribution in [3.05, 3.63) is 33.7 Å². The van der Waals surface area contributed by atoms with Gasteiger partial charge in [-0.3, -0.25) is 0 Å². The Hall–Kier alpha value is -1.48. The first-order valence-electron chi connectivity index (χ1n) is 5.07. The van der Waals surface area contributed by atoms with Crippen LogP contribution in [0.2, 0.25) is 0 Å². The molecule has 3 heteroatoms. The minimum absolute atomic E-state index is 0.886. The number of aliphatic hydroxyl groups excluding tert-OH is 1.